The number of esters is 1. The molecule has 6 rings (SSSR count). The Morgan fingerprint density at radius 3 is 2.10 bits per heavy atom. The highest BCUT2D eigenvalue weighted by molar-refractivity contribution is 6.24. The minimum atomic E-state index is -1.06. The van der Waals surface area contributed by atoms with Crippen molar-refractivity contribution in [2.75, 3.05) is 24.2 Å². The topological polar surface area (TPSA) is 94.6 Å². The molecule has 2 amide bonds. The van der Waals surface area contributed by atoms with Gasteiger partial charge in [-0.05, 0) is 54.1 Å². The van der Waals surface area contributed by atoms with Crippen LogP contribution in [0.4, 0.5) is 11.4 Å². The van der Waals surface area contributed by atoms with Crippen LogP contribution in [0, 0.1) is 5.92 Å². The number of imide groups is 1. The molecule has 41 heavy (non-hydrogen) atoms. The maximum Gasteiger partial charge on any atom is 0.343 e. The molecular weight excluding hydrogens is 524 g/mol. The van der Waals surface area contributed by atoms with E-state index in [9.17, 15) is 14.4 Å². The molecule has 2 aliphatic rings. The first-order valence-electron chi connectivity index (χ1n) is 13.0. The molecule has 0 bridgehead atoms. The van der Waals surface area contributed by atoms with Crippen LogP contribution in [0.3, 0.4) is 0 Å². The normalized spacial score (nSPS) is 19.7. The van der Waals surface area contributed by atoms with Gasteiger partial charge in [0.15, 0.2) is 17.6 Å². The fourth-order valence-electron chi connectivity index (χ4n) is 5.29. The highest BCUT2D eigenvalue weighted by Gasteiger charge is 2.60. The summed E-state index contributed by atoms with van der Waals surface area (Å²) in [5, 5.41) is 1.59. The molecular formula is C32H26N2O7. The van der Waals surface area contributed by atoms with Gasteiger partial charge in [0, 0.05) is 0 Å². The molecule has 0 radical (unpaired) electrons. The van der Waals surface area contributed by atoms with Crippen molar-refractivity contribution in [1.82, 2.24) is 0 Å². The Labute approximate surface area is 236 Å². The number of anilines is 2. The first kappa shape index (κ1) is 26.1. The lowest BCUT2D eigenvalue weighted by Gasteiger charge is -2.29. The lowest BCUT2D eigenvalue weighted by Crippen LogP contribution is -2.37. The monoisotopic (exact) mass is 550 g/mol. The molecule has 0 saturated carbocycles. The molecule has 9 heteroatoms. The zero-order chi connectivity index (χ0) is 28.5. The second-order valence-electron chi connectivity index (χ2n) is 9.51. The summed E-state index contributed by atoms with van der Waals surface area (Å²) in [6.07, 6.45) is -1.06. The fraction of sp³-hybridized carbons (Fsp3) is 0.156. The number of ether oxygens (including phenoxy) is 3. The number of amides is 2. The standard InChI is InChI=1S/C32H26N2O7/c1-38-24-16-10-9-15-23(24)33-30(35)27-28(34(41-29(27)31(33)36)22-13-7-4-8-14-22)21-17-18-25(26(19-21)39-2)40-32(37)20-11-5-3-6-12-20/h3-19,27-29H,1-2H3/t27-,28+,29+/m1/s1. The van der Waals surface area contributed by atoms with Crippen LogP contribution in [-0.4, -0.2) is 38.1 Å². The predicted molar refractivity (Wildman–Crippen MR) is 150 cm³/mol. The van der Waals surface area contributed by atoms with E-state index in [-0.39, 0.29) is 5.75 Å². The molecule has 4 aromatic carbocycles. The summed E-state index contributed by atoms with van der Waals surface area (Å²) in [5.41, 5.74) is 2.07. The molecule has 2 heterocycles. The van der Waals surface area contributed by atoms with Crippen LogP contribution in [0.2, 0.25) is 0 Å². The molecule has 206 valence electrons. The lowest BCUT2D eigenvalue weighted by molar-refractivity contribution is -0.126. The summed E-state index contributed by atoms with van der Waals surface area (Å²) in [6.45, 7) is 0. The third-order valence-corrected chi connectivity index (χ3v) is 7.19. The Morgan fingerprint density at radius 1 is 0.732 bits per heavy atom. The molecule has 0 N–H and O–H groups in total. The number of nitrogens with zero attached hydrogens (tertiary/aromatic N) is 2. The average Bonchev–Trinajstić information content (AvgIpc) is 3.53. The van der Waals surface area contributed by atoms with Gasteiger partial charge in [-0.25, -0.2) is 14.8 Å². The van der Waals surface area contributed by atoms with Crippen molar-refractivity contribution in [3.8, 4) is 17.2 Å². The highest BCUT2D eigenvalue weighted by Crippen LogP contribution is 2.49. The summed E-state index contributed by atoms with van der Waals surface area (Å²) in [7, 11) is 2.95. The van der Waals surface area contributed by atoms with Crippen molar-refractivity contribution in [2.24, 2.45) is 5.92 Å². The second kappa shape index (κ2) is 10.8. The molecule has 0 spiro atoms. The van der Waals surface area contributed by atoms with Crippen LogP contribution in [0.25, 0.3) is 0 Å². The van der Waals surface area contributed by atoms with E-state index in [0.717, 1.165) is 4.90 Å². The summed E-state index contributed by atoms with van der Waals surface area (Å²) < 4.78 is 16.6. The van der Waals surface area contributed by atoms with E-state index in [1.165, 1.54) is 14.2 Å². The van der Waals surface area contributed by atoms with Crippen LogP contribution in [0.5, 0.6) is 17.2 Å². The summed E-state index contributed by atoms with van der Waals surface area (Å²) >= 11 is 0. The summed E-state index contributed by atoms with van der Waals surface area (Å²) in [6, 6.07) is 29.1. The Hall–Kier alpha value is -5.15. The smallest absolute Gasteiger partial charge is 0.343 e. The number of rotatable bonds is 7. The van der Waals surface area contributed by atoms with Crippen LogP contribution < -0.4 is 24.2 Å². The number of carbonyl (C=O) groups is 3. The quantitative estimate of drug-likeness (QED) is 0.181. The number of methoxy groups -OCH3 is 2. The van der Waals surface area contributed by atoms with Crippen molar-refractivity contribution in [2.45, 2.75) is 12.1 Å². The van der Waals surface area contributed by atoms with Crippen LogP contribution >= 0.6 is 0 Å². The molecule has 0 aromatic heterocycles. The third-order valence-electron chi connectivity index (χ3n) is 7.19. The number of hydrogen-bond donors (Lipinski definition) is 0. The lowest BCUT2D eigenvalue weighted by atomic mass is 9.90. The molecule has 9 nitrogen and oxygen atoms in total. The number of para-hydroxylation sites is 3. The van der Waals surface area contributed by atoms with Gasteiger partial charge < -0.3 is 14.2 Å². The van der Waals surface area contributed by atoms with Crippen LogP contribution in [0.1, 0.15) is 22.0 Å². The highest BCUT2D eigenvalue weighted by atomic mass is 16.7. The Balaban J connectivity index is 1.39. The van der Waals surface area contributed by atoms with Gasteiger partial charge in [0.1, 0.15) is 11.7 Å². The van der Waals surface area contributed by atoms with Gasteiger partial charge in [-0.15, -0.1) is 0 Å². The SMILES string of the molecule is COc1cc([C@H]2[C@H]3C(=O)N(c4ccccc4OC)C(=O)[C@H]3ON2c2ccccc2)ccc1OC(=O)c1ccccc1. The van der Waals surface area contributed by atoms with Gasteiger partial charge in [0.05, 0.1) is 37.2 Å². The van der Waals surface area contributed by atoms with Crippen molar-refractivity contribution >= 4 is 29.2 Å². The van der Waals surface area contributed by atoms with Gasteiger partial charge in [-0.1, -0.05) is 54.6 Å². The fourth-order valence-corrected chi connectivity index (χ4v) is 5.29. The molecule has 2 aliphatic heterocycles. The minimum absolute atomic E-state index is 0.219. The zero-order valence-electron chi connectivity index (χ0n) is 22.3. The van der Waals surface area contributed by atoms with E-state index in [1.807, 2.05) is 36.4 Å². The molecule has 2 fully saturated rings. The van der Waals surface area contributed by atoms with Crippen molar-refractivity contribution in [3.05, 3.63) is 114 Å². The zero-order valence-corrected chi connectivity index (χ0v) is 22.3. The van der Waals surface area contributed by atoms with Gasteiger partial charge >= 0.3 is 5.97 Å². The number of hydroxylamine groups is 1. The molecule has 3 atom stereocenters. The van der Waals surface area contributed by atoms with Gasteiger partial charge in [-0.3, -0.25) is 14.4 Å². The van der Waals surface area contributed by atoms with Gasteiger partial charge in [0.2, 0.25) is 5.91 Å². The summed E-state index contributed by atoms with van der Waals surface area (Å²) in [5.74, 6) is -1.37. The molecule has 0 aliphatic carbocycles. The first-order valence-corrected chi connectivity index (χ1v) is 13.0. The number of fused-ring (bicyclic) bond motifs is 1. The van der Waals surface area contributed by atoms with E-state index in [1.54, 1.807) is 71.8 Å². The van der Waals surface area contributed by atoms with Crippen molar-refractivity contribution < 1.29 is 33.4 Å². The Bertz CT molecular complexity index is 1610. The second-order valence-corrected chi connectivity index (χ2v) is 9.51. The number of carbonyl (C=O) groups excluding carboxylic acids is 3. The van der Waals surface area contributed by atoms with E-state index in [0.29, 0.717) is 34.0 Å². The Kier molecular flexibility index (Phi) is 6.86. The number of benzene rings is 4. The maximum atomic E-state index is 14.0. The minimum Gasteiger partial charge on any atom is -0.495 e. The largest absolute Gasteiger partial charge is 0.495 e. The van der Waals surface area contributed by atoms with Gasteiger partial charge in [-0.2, -0.15) is 0 Å². The van der Waals surface area contributed by atoms with E-state index in [2.05, 4.69) is 0 Å². The predicted octanol–water partition coefficient (Wildman–Crippen LogP) is 4.97. The first-order chi connectivity index (χ1) is 20.0. The number of hydrogen-bond acceptors (Lipinski definition) is 8. The van der Waals surface area contributed by atoms with Crippen molar-refractivity contribution in [3.63, 3.8) is 0 Å². The third kappa shape index (κ3) is 4.56. The molecule has 0 unspecified atom stereocenters. The van der Waals surface area contributed by atoms with E-state index < -0.39 is 35.8 Å². The van der Waals surface area contributed by atoms with E-state index in [4.69, 9.17) is 19.0 Å². The van der Waals surface area contributed by atoms with Gasteiger partial charge in [0.25, 0.3) is 5.91 Å². The molecule has 2 saturated heterocycles. The van der Waals surface area contributed by atoms with Crippen molar-refractivity contribution in [1.29, 1.82) is 0 Å². The summed E-state index contributed by atoms with van der Waals surface area (Å²) in [4.78, 5) is 47.7. The van der Waals surface area contributed by atoms with E-state index >= 15 is 0 Å². The van der Waals surface area contributed by atoms with Crippen LogP contribution in [0.15, 0.2) is 103 Å². The van der Waals surface area contributed by atoms with Crippen LogP contribution in [-0.2, 0) is 14.4 Å². The average molecular weight is 551 g/mol. The molecule has 4 aromatic rings. The maximum absolute atomic E-state index is 14.0. The Morgan fingerprint density at radius 2 is 1.39 bits per heavy atom.